The van der Waals surface area contributed by atoms with Crippen molar-refractivity contribution >= 4 is 28.2 Å². The zero-order valence-corrected chi connectivity index (χ0v) is 14.3. The minimum atomic E-state index is -0.358. The maximum atomic E-state index is 12.8. The van der Waals surface area contributed by atoms with Gasteiger partial charge in [0, 0.05) is 25.6 Å². The number of carbonyl (C=O) groups excluding carboxylic acids is 2. The summed E-state index contributed by atoms with van der Waals surface area (Å²) in [4.78, 5) is 26.8. The molecule has 3 heterocycles. The average Bonchev–Trinajstić information content (AvgIpc) is 3.33. The molecule has 1 saturated heterocycles. The van der Waals surface area contributed by atoms with Crippen LogP contribution >= 0.6 is 11.3 Å². The number of furan rings is 1. The molecule has 0 spiro atoms. The van der Waals surface area contributed by atoms with E-state index < -0.39 is 0 Å². The summed E-state index contributed by atoms with van der Waals surface area (Å²) in [5, 5.41) is 5.11. The van der Waals surface area contributed by atoms with Crippen molar-refractivity contribution < 1.29 is 18.7 Å². The lowest BCUT2D eigenvalue weighted by atomic mass is 10.1. The summed E-state index contributed by atoms with van der Waals surface area (Å²) in [6.45, 7) is 4.73. The van der Waals surface area contributed by atoms with Crippen LogP contribution in [0, 0.1) is 5.92 Å². The third-order valence-corrected chi connectivity index (χ3v) is 4.87. The van der Waals surface area contributed by atoms with Gasteiger partial charge in [0.2, 0.25) is 0 Å². The SMILES string of the molecule is CCN(C[C@@H]1CCOC1)C(=O)c1ccsc1NC(=O)c1ccco1. The molecule has 1 aliphatic heterocycles. The van der Waals surface area contributed by atoms with E-state index >= 15 is 0 Å². The first-order chi connectivity index (χ1) is 11.7. The van der Waals surface area contributed by atoms with E-state index in [1.807, 2.05) is 11.8 Å². The van der Waals surface area contributed by atoms with Crippen molar-refractivity contribution in [2.75, 3.05) is 31.6 Å². The molecule has 6 nitrogen and oxygen atoms in total. The molecular formula is C17H20N2O4S. The summed E-state index contributed by atoms with van der Waals surface area (Å²) in [5.74, 6) is 0.176. The van der Waals surface area contributed by atoms with Gasteiger partial charge >= 0.3 is 0 Å². The first-order valence-corrected chi connectivity index (χ1v) is 8.86. The number of hydrogen-bond donors (Lipinski definition) is 1. The van der Waals surface area contributed by atoms with Gasteiger partial charge in [0.25, 0.3) is 11.8 Å². The van der Waals surface area contributed by atoms with Gasteiger partial charge < -0.3 is 19.4 Å². The Kier molecular flexibility index (Phi) is 5.32. The van der Waals surface area contributed by atoms with Crippen LogP contribution in [0.4, 0.5) is 5.00 Å². The van der Waals surface area contributed by atoms with E-state index in [0.29, 0.717) is 36.2 Å². The maximum absolute atomic E-state index is 12.8. The Hall–Kier alpha value is -2.12. The highest BCUT2D eigenvalue weighted by molar-refractivity contribution is 7.14. The number of nitrogens with zero attached hydrogens (tertiary/aromatic N) is 1. The van der Waals surface area contributed by atoms with Crippen molar-refractivity contribution in [3.8, 4) is 0 Å². The van der Waals surface area contributed by atoms with Crippen LogP contribution in [-0.2, 0) is 4.74 Å². The number of nitrogens with one attached hydrogen (secondary N) is 1. The molecule has 2 aromatic rings. The first kappa shape index (κ1) is 16.7. The van der Waals surface area contributed by atoms with E-state index in [1.54, 1.807) is 23.6 Å². The predicted octanol–water partition coefficient (Wildman–Crippen LogP) is 3.09. The molecule has 1 N–H and O–H groups in total. The number of carbonyl (C=O) groups is 2. The monoisotopic (exact) mass is 348 g/mol. The van der Waals surface area contributed by atoms with Crippen LogP contribution in [-0.4, -0.2) is 43.0 Å². The van der Waals surface area contributed by atoms with Gasteiger partial charge in [-0.05, 0) is 36.9 Å². The van der Waals surface area contributed by atoms with Gasteiger partial charge in [-0.2, -0.15) is 0 Å². The first-order valence-electron chi connectivity index (χ1n) is 7.98. The lowest BCUT2D eigenvalue weighted by Crippen LogP contribution is -2.35. The van der Waals surface area contributed by atoms with E-state index in [2.05, 4.69) is 5.32 Å². The summed E-state index contributed by atoms with van der Waals surface area (Å²) in [5.41, 5.74) is 0.515. The predicted molar refractivity (Wildman–Crippen MR) is 91.5 cm³/mol. The van der Waals surface area contributed by atoms with Gasteiger partial charge in [-0.15, -0.1) is 11.3 Å². The highest BCUT2D eigenvalue weighted by Gasteiger charge is 2.25. The zero-order valence-electron chi connectivity index (χ0n) is 13.5. The molecule has 24 heavy (non-hydrogen) atoms. The average molecular weight is 348 g/mol. The largest absolute Gasteiger partial charge is 0.459 e. The molecule has 1 fully saturated rings. The van der Waals surface area contributed by atoms with E-state index in [0.717, 1.165) is 13.0 Å². The molecular weight excluding hydrogens is 328 g/mol. The van der Waals surface area contributed by atoms with Crippen LogP contribution in [0.5, 0.6) is 0 Å². The van der Waals surface area contributed by atoms with Crippen LogP contribution < -0.4 is 5.32 Å². The molecule has 2 amide bonds. The Labute approximate surface area is 144 Å². The minimum Gasteiger partial charge on any atom is -0.459 e. The molecule has 3 rings (SSSR count). The Morgan fingerprint density at radius 2 is 2.29 bits per heavy atom. The molecule has 1 aliphatic rings. The van der Waals surface area contributed by atoms with Gasteiger partial charge in [0.1, 0.15) is 5.00 Å². The number of rotatable bonds is 6. The fourth-order valence-electron chi connectivity index (χ4n) is 2.71. The summed E-state index contributed by atoms with van der Waals surface area (Å²) >= 11 is 1.33. The van der Waals surface area contributed by atoms with E-state index in [9.17, 15) is 9.59 Å². The van der Waals surface area contributed by atoms with Crippen molar-refractivity contribution in [3.63, 3.8) is 0 Å². The van der Waals surface area contributed by atoms with Crippen molar-refractivity contribution in [2.45, 2.75) is 13.3 Å². The topological polar surface area (TPSA) is 71.8 Å². The van der Waals surface area contributed by atoms with Gasteiger partial charge in [-0.25, -0.2) is 0 Å². The molecule has 1 atom stereocenters. The van der Waals surface area contributed by atoms with Gasteiger partial charge in [0.05, 0.1) is 18.4 Å². The zero-order chi connectivity index (χ0) is 16.9. The number of hydrogen-bond acceptors (Lipinski definition) is 5. The van der Waals surface area contributed by atoms with Crippen LogP contribution in [0.15, 0.2) is 34.3 Å². The lowest BCUT2D eigenvalue weighted by Gasteiger charge is -2.24. The molecule has 2 aromatic heterocycles. The van der Waals surface area contributed by atoms with Crippen molar-refractivity contribution in [1.82, 2.24) is 4.90 Å². The van der Waals surface area contributed by atoms with Crippen LogP contribution in [0.1, 0.15) is 34.3 Å². The molecule has 0 unspecified atom stereocenters. The van der Waals surface area contributed by atoms with Gasteiger partial charge in [0.15, 0.2) is 5.76 Å². The maximum Gasteiger partial charge on any atom is 0.291 e. The number of thiophene rings is 1. The van der Waals surface area contributed by atoms with Gasteiger partial charge in [-0.3, -0.25) is 9.59 Å². The fraction of sp³-hybridized carbons (Fsp3) is 0.412. The highest BCUT2D eigenvalue weighted by atomic mass is 32.1. The number of ether oxygens (including phenoxy) is 1. The van der Waals surface area contributed by atoms with E-state index in [4.69, 9.17) is 9.15 Å². The van der Waals surface area contributed by atoms with Crippen molar-refractivity contribution in [2.24, 2.45) is 5.92 Å². The number of amides is 2. The fourth-order valence-corrected chi connectivity index (χ4v) is 3.49. The Morgan fingerprint density at radius 3 is 2.96 bits per heavy atom. The Morgan fingerprint density at radius 1 is 1.42 bits per heavy atom. The lowest BCUT2D eigenvalue weighted by molar-refractivity contribution is 0.0732. The molecule has 0 bridgehead atoms. The van der Waals surface area contributed by atoms with E-state index in [1.165, 1.54) is 17.6 Å². The highest BCUT2D eigenvalue weighted by Crippen LogP contribution is 2.26. The second-order valence-electron chi connectivity index (χ2n) is 5.67. The summed E-state index contributed by atoms with van der Waals surface area (Å²) in [6, 6.07) is 4.99. The van der Waals surface area contributed by atoms with Crippen LogP contribution in [0.25, 0.3) is 0 Å². The third kappa shape index (κ3) is 3.68. The Balaban J connectivity index is 1.70. The molecule has 0 saturated carbocycles. The minimum absolute atomic E-state index is 0.0691. The van der Waals surface area contributed by atoms with E-state index in [-0.39, 0.29) is 17.6 Å². The van der Waals surface area contributed by atoms with Crippen LogP contribution in [0.2, 0.25) is 0 Å². The summed E-state index contributed by atoms with van der Waals surface area (Å²) in [7, 11) is 0. The molecule has 0 radical (unpaired) electrons. The second kappa shape index (κ2) is 7.63. The normalized spacial score (nSPS) is 17.0. The van der Waals surface area contributed by atoms with Gasteiger partial charge in [-0.1, -0.05) is 0 Å². The van der Waals surface area contributed by atoms with Crippen molar-refractivity contribution in [1.29, 1.82) is 0 Å². The Bertz CT molecular complexity index is 689. The smallest absolute Gasteiger partial charge is 0.291 e. The third-order valence-electron chi connectivity index (χ3n) is 4.04. The van der Waals surface area contributed by atoms with Crippen LogP contribution in [0.3, 0.4) is 0 Å². The standard InChI is InChI=1S/C17H20N2O4S/c1-2-19(10-12-5-8-22-11-12)17(21)13-6-9-24-16(13)18-15(20)14-4-3-7-23-14/h3-4,6-7,9,12H,2,5,8,10-11H2,1H3,(H,18,20)/t12-/m0/s1. The quantitative estimate of drug-likeness (QED) is 0.871. The molecule has 128 valence electrons. The molecule has 0 aromatic carbocycles. The number of anilines is 1. The molecule has 0 aliphatic carbocycles. The van der Waals surface area contributed by atoms with Crippen molar-refractivity contribution in [3.05, 3.63) is 41.2 Å². The summed E-state index contributed by atoms with van der Waals surface area (Å²) < 4.78 is 10.5. The second-order valence-corrected chi connectivity index (χ2v) is 6.58. The summed E-state index contributed by atoms with van der Waals surface area (Å²) in [6.07, 6.45) is 2.42. The molecule has 7 heteroatoms.